The molecule has 0 radical (unpaired) electrons. The molecule has 2 nitrogen and oxygen atoms in total. The SMILES string of the molecule is C=CC(C#CCNC(C)C)/C=N/c1cc(CC2=C/C(CC)C#CC/C(CC)=C\2)ccc1C. The lowest BCUT2D eigenvalue weighted by Crippen LogP contribution is -2.22. The molecule has 2 rings (SSSR count). The maximum absolute atomic E-state index is 4.76. The van der Waals surface area contributed by atoms with Gasteiger partial charge in [-0.2, -0.15) is 0 Å². The maximum Gasteiger partial charge on any atom is 0.0733 e. The van der Waals surface area contributed by atoms with Crippen LogP contribution in [0, 0.1) is 42.4 Å². The number of hydrogen-bond acceptors (Lipinski definition) is 2. The monoisotopic (exact) mass is 426 g/mol. The smallest absolute Gasteiger partial charge is 0.0733 e. The van der Waals surface area contributed by atoms with Crippen molar-refractivity contribution in [2.75, 3.05) is 6.54 Å². The number of hydrogen-bond donors (Lipinski definition) is 1. The van der Waals surface area contributed by atoms with E-state index >= 15 is 0 Å². The first-order valence-corrected chi connectivity index (χ1v) is 11.8. The van der Waals surface area contributed by atoms with Crippen molar-refractivity contribution in [1.29, 1.82) is 0 Å². The summed E-state index contributed by atoms with van der Waals surface area (Å²) in [5.74, 6) is 13.4. The number of nitrogens with one attached hydrogen (secondary N) is 1. The zero-order chi connectivity index (χ0) is 23.3. The van der Waals surface area contributed by atoms with Gasteiger partial charge in [0.05, 0.1) is 18.2 Å². The first-order valence-electron chi connectivity index (χ1n) is 11.8. The molecule has 1 N–H and O–H groups in total. The number of rotatable bonds is 9. The molecule has 0 aliphatic heterocycles. The van der Waals surface area contributed by atoms with Gasteiger partial charge in [0.15, 0.2) is 0 Å². The second kappa shape index (κ2) is 13.6. The van der Waals surface area contributed by atoms with E-state index < -0.39 is 0 Å². The minimum absolute atomic E-state index is 0.0562. The molecule has 32 heavy (non-hydrogen) atoms. The molecule has 168 valence electrons. The van der Waals surface area contributed by atoms with Crippen LogP contribution in [0.2, 0.25) is 0 Å². The van der Waals surface area contributed by atoms with Gasteiger partial charge in [0.1, 0.15) is 0 Å². The summed E-state index contributed by atoms with van der Waals surface area (Å²) < 4.78 is 0. The van der Waals surface area contributed by atoms with Crippen LogP contribution in [-0.4, -0.2) is 18.8 Å². The maximum atomic E-state index is 4.76. The molecule has 2 atom stereocenters. The van der Waals surface area contributed by atoms with Gasteiger partial charge < -0.3 is 5.32 Å². The lowest BCUT2D eigenvalue weighted by Gasteiger charge is -2.12. The molecule has 0 saturated carbocycles. The molecule has 0 saturated heterocycles. The van der Waals surface area contributed by atoms with Gasteiger partial charge in [-0.3, -0.25) is 4.99 Å². The summed E-state index contributed by atoms with van der Waals surface area (Å²) >= 11 is 0. The Kier molecular flexibility index (Phi) is 10.8. The fourth-order valence-corrected chi connectivity index (χ4v) is 3.40. The van der Waals surface area contributed by atoms with Crippen molar-refractivity contribution in [3.05, 3.63) is 65.3 Å². The predicted octanol–water partition coefficient (Wildman–Crippen LogP) is 6.74. The van der Waals surface area contributed by atoms with Crippen LogP contribution in [0.25, 0.3) is 0 Å². The van der Waals surface area contributed by atoms with Crippen LogP contribution in [0.4, 0.5) is 5.69 Å². The molecule has 0 fully saturated rings. The van der Waals surface area contributed by atoms with E-state index in [1.165, 1.54) is 16.7 Å². The predicted molar refractivity (Wildman–Crippen MR) is 140 cm³/mol. The first kappa shape index (κ1) is 25.5. The summed E-state index contributed by atoms with van der Waals surface area (Å²) in [7, 11) is 0. The Morgan fingerprint density at radius 1 is 1.31 bits per heavy atom. The van der Waals surface area contributed by atoms with Gasteiger partial charge >= 0.3 is 0 Å². The van der Waals surface area contributed by atoms with Crippen LogP contribution in [0.3, 0.4) is 0 Å². The lowest BCUT2D eigenvalue weighted by molar-refractivity contribution is 0.638. The highest BCUT2D eigenvalue weighted by Gasteiger charge is 2.08. The van der Waals surface area contributed by atoms with Crippen molar-refractivity contribution >= 4 is 11.9 Å². The van der Waals surface area contributed by atoms with Crippen LogP contribution in [0.1, 0.15) is 58.1 Å². The van der Waals surface area contributed by atoms with Crippen molar-refractivity contribution in [3.8, 4) is 23.7 Å². The normalized spacial score (nSPS) is 20.0. The van der Waals surface area contributed by atoms with E-state index in [1.807, 2.05) is 12.3 Å². The van der Waals surface area contributed by atoms with Crippen molar-refractivity contribution < 1.29 is 0 Å². The molecule has 1 aromatic rings. The fraction of sp³-hybridized carbons (Fsp3) is 0.433. The van der Waals surface area contributed by atoms with Crippen molar-refractivity contribution in [2.24, 2.45) is 16.8 Å². The Bertz CT molecular complexity index is 983. The van der Waals surface area contributed by atoms with E-state index in [9.17, 15) is 0 Å². The van der Waals surface area contributed by atoms with Crippen LogP contribution in [-0.2, 0) is 6.42 Å². The molecule has 1 aliphatic rings. The second-order valence-electron chi connectivity index (χ2n) is 8.60. The molecule has 2 unspecified atom stereocenters. The number of allylic oxidation sites excluding steroid dienone is 5. The van der Waals surface area contributed by atoms with Gasteiger partial charge in [0, 0.05) is 24.6 Å². The third-order valence-electron chi connectivity index (χ3n) is 5.48. The molecular formula is C30H38N2. The summed E-state index contributed by atoms with van der Waals surface area (Å²) in [4.78, 5) is 4.76. The van der Waals surface area contributed by atoms with E-state index in [-0.39, 0.29) is 5.92 Å². The first-order chi connectivity index (χ1) is 15.4. The molecule has 0 spiro atoms. The quantitative estimate of drug-likeness (QED) is 0.264. The number of benzene rings is 1. The second-order valence-corrected chi connectivity index (χ2v) is 8.60. The van der Waals surface area contributed by atoms with Gasteiger partial charge in [-0.25, -0.2) is 0 Å². The van der Waals surface area contributed by atoms with Gasteiger partial charge in [-0.15, -0.1) is 6.58 Å². The minimum atomic E-state index is -0.0562. The number of aryl methyl sites for hydroxylation is 1. The molecule has 0 amide bonds. The highest BCUT2D eigenvalue weighted by molar-refractivity contribution is 5.72. The Labute approximate surface area is 196 Å². The zero-order valence-corrected chi connectivity index (χ0v) is 20.5. The van der Waals surface area contributed by atoms with E-state index in [4.69, 9.17) is 4.99 Å². The average molecular weight is 427 g/mol. The number of nitrogens with zero attached hydrogens (tertiary/aromatic N) is 1. The molecular weight excluding hydrogens is 388 g/mol. The van der Waals surface area contributed by atoms with Crippen LogP contribution < -0.4 is 5.32 Å². The summed E-state index contributed by atoms with van der Waals surface area (Å²) in [5.41, 5.74) is 6.19. The van der Waals surface area contributed by atoms with Crippen LogP contribution in [0.5, 0.6) is 0 Å². The van der Waals surface area contributed by atoms with Crippen molar-refractivity contribution in [1.82, 2.24) is 5.32 Å². The Hall–Kier alpha value is -2.81. The molecule has 1 aliphatic carbocycles. The Morgan fingerprint density at radius 2 is 2.12 bits per heavy atom. The highest BCUT2D eigenvalue weighted by Crippen LogP contribution is 2.25. The standard InChI is InChI=1S/C30H38N2/c1-7-25-12-10-13-26(8-2)19-29(18-25)20-28-16-15-24(6)30(21-28)32-22-27(9-3)14-11-17-31-23(4)5/h9,15-16,18-19,21-23,26-27,31H,3,7-8,12,17,20H2,1-2,4-6H3/b25-18-,29-19+,32-22+. The summed E-state index contributed by atoms with van der Waals surface area (Å²) in [6.45, 7) is 15.3. The molecule has 0 heterocycles. The third kappa shape index (κ3) is 8.74. The molecule has 0 aromatic heterocycles. The van der Waals surface area contributed by atoms with Gasteiger partial charge in [0.25, 0.3) is 0 Å². The van der Waals surface area contributed by atoms with Crippen molar-refractivity contribution in [2.45, 2.75) is 66.3 Å². The highest BCUT2D eigenvalue weighted by atomic mass is 14.9. The largest absolute Gasteiger partial charge is 0.304 e. The molecule has 2 heteroatoms. The van der Waals surface area contributed by atoms with E-state index in [0.717, 1.165) is 36.9 Å². The molecule has 0 bridgehead atoms. The van der Waals surface area contributed by atoms with Crippen LogP contribution in [0.15, 0.2) is 59.1 Å². The van der Waals surface area contributed by atoms with Gasteiger partial charge in [0.2, 0.25) is 0 Å². The topological polar surface area (TPSA) is 24.4 Å². The summed E-state index contributed by atoms with van der Waals surface area (Å²) in [6, 6.07) is 7.00. The third-order valence-corrected chi connectivity index (χ3v) is 5.48. The average Bonchev–Trinajstić information content (AvgIpc) is 2.76. The van der Waals surface area contributed by atoms with Crippen molar-refractivity contribution in [3.63, 3.8) is 0 Å². The Morgan fingerprint density at radius 3 is 2.81 bits per heavy atom. The van der Waals surface area contributed by atoms with E-state index in [0.29, 0.717) is 18.5 Å². The molecule has 1 aromatic carbocycles. The fourth-order valence-electron chi connectivity index (χ4n) is 3.40. The van der Waals surface area contributed by atoms with E-state index in [2.05, 4.69) is 101 Å². The summed E-state index contributed by atoms with van der Waals surface area (Å²) in [6.07, 6.45) is 12.3. The lowest BCUT2D eigenvalue weighted by atomic mass is 9.93. The van der Waals surface area contributed by atoms with Gasteiger partial charge in [-0.1, -0.05) is 73.5 Å². The van der Waals surface area contributed by atoms with Crippen LogP contribution >= 0.6 is 0 Å². The summed E-state index contributed by atoms with van der Waals surface area (Å²) in [5, 5.41) is 3.31. The van der Waals surface area contributed by atoms with Gasteiger partial charge in [-0.05, 0) is 62.8 Å². The van der Waals surface area contributed by atoms with E-state index in [1.54, 1.807) is 0 Å². The zero-order valence-electron chi connectivity index (χ0n) is 20.5. The number of aliphatic imine (C=N–C) groups is 1. The Balaban J connectivity index is 2.20. The minimum Gasteiger partial charge on any atom is -0.304 e.